The van der Waals surface area contributed by atoms with Crippen LogP contribution in [0.25, 0.3) is 0 Å². The van der Waals surface area contributed by atoms with Crippen LogP contribution < -0.4 is 0 Å². The Kier molecular flexibility index (Phi) is 2.25. The van der Waals surface area contributed by atoms with Crippen LogP contribution in [0, 0.1) is 0 Å². The third kappa shape index (κ3) is 1.80. The Labute approximate surface area is 55.8 Å². The molecule has 0 radical (unpaired) electrons. The molecule has 0 bridgehead atoms. The minimum atomic E-state index is -0.0926. The van der Waals surface area contributed by atoms with E-state index in [-0.39, 0.29) is 6.10 Å². The number of aliphatic hydroxyl groups excluding tert-OH is 1. The minimum Gasteiger partial charge on any atom is -0.392 e. The average molecular weight is 127 g/mol. The van der Waals surface area contributed by atoms with Crippen molar-refractivity contribution in [3.63, 3.8) is 0 Å². The molecule has 1 saturated heterocycles. The SMILES string of the molecule is C=CCN1CCC(O)C1. The smallest absolute Gasteiger partial charge is 0.0679 e. The fraction of sp³-hybridized carbons (Fsp3) is 0.714. The van der Waals surface area contributed by atoms with E-state index in [1.165, 1.54) is 0 Å². The van der Waals surface area contributed by atoms with Gasteiger partial charge in [-0.05, 0) is 6.42 Å². The lowest BCUT2D eigenvalue weighted by Gasteiger charge is -2.10. The van der Waals surface area contributed by atoms with Crippen molar-refractivity contribution in [2.45, 2.75) is 12.5 Å². The predicted octanol–water partition coefficient (Wildman–Crippen LogP) is 0.239. The molecule has 2 heteroatoms. The molecule has 1 unspecified atom stereocenters. The number of hydrogen-bond acceptors (Lipinski definition) is 2. The van der Waals surface area contributed by atoms with E-state index in [0.717, 1.165) is 26.1 Å². The number of nitrogens with zero attached hydrogens (tertiary/aromatic N) is 1. The van der Waals surface area contributed by atoms with Gasteiger partial charge < -0.3 is 5.11 Å². The second-order valence-electron chi connectivity index (χ2n) is 2.49. The third-order valence-electron chi connectivity index (χ3n) is 1.63. The molecule has 1 heterocycles. The molecule has 0 aromatic carbocycles. The molecule has 0 spiro atoms. The molecule has 2 nitrogen and oxygen atoms in total. The number of β-amino-alcohol motifs (C(OH)–C–C–N with tert-alkyl or cyclic N) is 1. The maximum Gasteiger partial charge on any atom is 0.0679 e. The Balaban J connectivity index is 2.21. The highest BCUT2D eigenvalue weighted by atomic mass is 16.3. The summed E-state index contributed by atoms with van der Waals surface area (Å²) in [6.07, 6.45) is 2.70. The molecule has 1 rings (SSSR count). The maximum atomic E-state index is 9.05. The summed E-state index contributed by atoms with van der Waals surface area (Å²) in [5.74, 6) is 0. The molecule has 0 aromatic rings. The van der Waals surface area contributed by atoms with Crippen molar-refractivity contribution < 1.29 is 5.11 Å². The summed E-state index contributed by atoms with van der Waals surface area (Å²) in [6, 6.07) is 0. The Morgan fingerprint density at radius 3 is 3.00 bits per heavy atom. The average Bonchev–Trinajstić information content (AvgIpc) is 2.17. The van der Waals surface area contributed by atoms with Gasteiger partial charge in [-0.15, -0.1) is 6.58 Å². The van der Waals surface area contributed by atoms with Gasteiger partial charge in [-0.1, -0.05) is 6.08 Å². The summed E-state index contributed by atoms with van der Waals surface area (Å²) in [5, 5.41) is 9.05. The lowest BCUT2D eigenvalue weighted by atomic mass is 10.3. The van der Waals surface area contributed by atoms with E-state index in [9.17, 15) is 0 Å². The summed E-state index contributed by atoms with van der Waals surface area (Å²) in [6.45, 7) is 6.39. The van der Waals surface area contributed by atoms with Crippen molar-refractivity contribution in [1.29, 1.82) is 0 Å². The summed E-state index contributed by atoms with van der Waals surface area (Å²) < 4.78 is 0. The van der Waals surface area contributed by atoms with Gasteiger partial charge in [0.15, 0.2) is 0 Å². The van der Waals surface area contributed by atoms with Gasteiger partial charge in [-0.3, -0.25) is 4.90 Å². The third-order valence-corrected chi connectivity index (χ3v) is 1.63. The van der Waals surface area contributed by atoms with E-state index in [1.54, 1.807) is 0 Å². The zero-order chi connectivity index (χ0) is 6.69. The fourth-order valence-corrected chi connectivity index (χ4v) is 1.16. The van der Waals surface area contributed by atoms with Crippen LogP contribution in [-0.4, -0.2) is 35.7 Å². The van der Waals surface area contributed by atoms with Gasteiger partial charge in [0, 0.05) is 19.6 Å². The van der Waals surface area contributed by atoms with E-state index >= 15 is 0 Å². The van der Waals surface area contributed by atoms with Crippen LogP contribution in [0.4, 0.5) is 0 Å². The zero-order valence-corrected chi connectivity index (χ0v) is 5.58. The largest absolute Gasteiger partial charge is 0.392 e. The molecular weight excluding hydrogens is 114 g/mol. The first-order chi connectivity index (χ1) is 4.33. The van der Waals surface area contributed by atoms with Gasteiger partial charge in [-0.2, -0.15) is 0 Å². The number of likely N-dealkylation sites (tertiary alicyclic amines) is 1. The van der Waals surface area contributed by atoms with E-state index < -0.39 is 0 Å². The second-order valence-corrected chi connectivity index (χ2v) is 2.49. The van der Waals surface area contributed by atoms with E-state index in [4.69, 9.17) is 5.11 Å². The predicted molar refractivity (Wildman–Crippen MR) is 37.3 cm³/mol. The molecule has 1 atom stereocenters. The maximum absolute atomic E-state index is 9.05. The molecule has 1 fully saturated rings. The van der Waals surface area contributed by atoms with Gasteiger partial charge in [0.05, 0.1) is 6.10 Å². The van der Waals surface area contributed by atoms with Crippen LogP contribution in [0.2, 0.25) is 0 Å². The molecule has 1 aliphatic heterocycles. The van der Waals surface area contributed by atoms with Crippen LogP contribution in [0.5, 0.6) is 0 Å². The molecule has 1 aliphatic rings. The van der Waals surface area contributed by atoms with Crippen molar-refractivity contribution in [3.8, 4) is 0 Å². The Morgan fingerprint density at radius 1 is 1.78 bits per heavy atom. The standard InChI is InChI=1S/C7H13NO/c1-2-4-8-5-3-7(9)6-8/h2,7,9H,1,3-6H2. The summed E-state index contributed by atoms with van der Waals surface area (Å²) in [7, 11) is 0. The van der Waals surface area contributed by atoms with Crippen LogP contribution in [-0.2, 0) is 0 Å². The molecule has 52 valence electrons. The summed E-state index contributed by atoms with van der Waals surface area (Å²) in [5.41, 5.74) is 0. The quantitative estimate of drug-likeness (QED) is 0.537. The van der Waals surface area contributed by atoms with Crippen molar-refractivity contribution in [1.82, 2.24) is 4.90 Å². The highest BCUT2D eigenvalue weighted by Gasteiger charge is 2.17. The van der Waals surface area contributed by atoms with Gasteiger partial charge in [0.25, 0.3) is 0 Å². The van der Waals surface area contributed by atoms with Crippen LogP contribution in [0.15, 0.2) is 12.7 Å². The van der Waals surface area contributed by atoms with E-state index in [0.29, 0.717) is 0 Å². The summed E-state index contributed by atoms with van der Waals surface area (Å²) in [4.78, 5) is 2.19. The number of aliphatic hydroxyl groups is 1. The molecule has 9 heavy (non-hydrogen) atoms. The van der Waals surface area contributed by atoms with Crippen molar-refractivity contribution in [2.24, 2.45) is 0 Å². The van der Waals surface area contributed by atoms with Gasteiger partial charge in [0.2, 0.25) is 0 Å². The van der Waals surface area contributed by atoms with Crippen molar-refractivity contribution >= 4 is 0 Å². The molecule has 1 N–H and O–H groups in total. The normalized spacial score (nSPS) is 28.8. The number of hydrogen-bond donors (Lipinski definition) is 1. The highest BCUT2D eigenvalue weighted by molar-refractivity contribution is 4.80. The lowest BCUT2D eigenvalue weighted by molar-refractivity contribution is 0.179. The number of rotatable bonds is 2. The molecule has 0 aliphatic carbocycles. The minimum absolute atomic E-state index is 0.0926. The van der Waals surface area contributed by atoms with Gasteiger partial charge in [-0.25, -0.2) is 0 Å². The molecule has 0 saturated carbocycles. The first-order valence-electron chi connectivity index (χ1n) is 3.34. The molecular formula is C7H13NO. The molecule has 0 aromatic heterocycles. The Bertz CT molecular complexity index is 103. The Hall–Kier alpha value is -0.340. The van der Waals surface area contributed by atoms with Crippen LogP contribution in [0.1, 0.15) is 6.42 Å². The highest BCUT2D eigenvalue weighted by Crippen LogP contribution is 2.07. The van der Waals surface area contributed by atoms with Crippen molar-refractivity contribution in [3.05, 3.63) is 12.7 Å². The van der Waals surface area contributed by atoms with Crippen LogP contribution in [0.3, 0.4) is 0 Å². The first-order valence-corrected chi connectivity index (χ1v) is 3.34. The fourth-order valence-electron chi connectivity index (χ4n) is 1.16. The first kappa shape index (κ1) is 6.78. The topological polar surface area (TPSA) is 23.5 Å². The van der Waals surface area contributed by atoms with Crippen LogP contribution >= 0.6 is 0 Å². The monoisotopic (exact) mass is 127 g/mol. The second kappa shape index (κ2) is 2.99. The lowest BCUT2D eigenvalue weighted by Crippen LogP contribution is -2.21. The summed E-state index contributed by atoms with van der Waals surface area (Å²) >= 11 is 0. The molecule has 0 amide bonds. The van der Waals surface area contributed by atoms with E-state index in [1.807, 2.05) is 6.08 Å². The van der Waals surface area contributed by atoms with Gasteiger partial charge in [0.1, 0.15) is 0 Å². The van der Waals surface area contributed by atoms with E-state index in [2.05, 4.69) is 11.5 Å². The zero-order valence-electron chi connectivity index (χ0n) is 5.58. The van der Waals surface area contributed by atoms with Gasteiger partial charge >= 0.3 is 0 Å². The van der Waals surface area contributed by atoms with Crippen molar-refractivity contribution in [2.75, 3.05) is 19.6 Å². The Morgan fingerprint density at radius 2 is 2.56 bits per heavy atom.